The molecule has 0 aliphatic heterocycles. The van der Waals surface area contributed by atoms with Gasteiger partial charge in [-0.2, -0.15) is 0 Å². The van der Waals surface area contributed by atoms with Crippen molar-refractivity contribution in [2.24, 2.45) is 0 Å². The third kappa shape index (κ3) is 8.57. The Balaban J connectivity index is 1.86. The Hall–Kier alpha value is -4.25. The molecular weight excluding hydrogens is 661 g/mol. The lowest BCUT2D eigenvalue weighted by atomic mass is 10.0. The lowest BCUT2D eigenvalue weighted by Crippen LogP contribution is -2.53. The van der Waals surface area contributed by atoms with Crippen LogP contribution >= 0.6 is 23.2 Å². The topological polar surface area (TPSA) is 105 Å². The van der Waals surface area contributed by atoms with E-state index in [1.165, 1.54) is 44.4 Å². The van der Waals surface area contributed by atoms with Crippen molar-refractivity contribution < 1.29 is 27.5 Å². The molecule has 248 valence electrons. The van der Waals surface area contributed by atoms with Crippen molar-refractivity contribution >= 4 is 50.7 Å². The largest absolute Gasteiger partial charge is 0.493 e. The number of aryl methyl sites for hydroxylation is 2. The number of benzene rings is 4. The van der Waals surface area contributed by atoms with Crippen molar-refractivity contribution in [1.29, 1.82) is 0 Å². The Bertz CT molecular complexity index is 1830. The molecule has 0 fully saturated rings. The fourth-order valence-corrected chi connectivity index (χ4v) is 7.16. The van der Waals surface area contributed by atoms with Crippen molar-refractivity contribution in [1.82, 2.24) is 10.2 Å². The average molecular weight is 699 g/mol. The number of hydrogen-bond acceptors (Lipinski definition) is 6. The van der Waals surface area contributed by atoms with Crippen molar-refractivity contribution in [2.45, 2.75) is 37.8 Å². The third-order valence-corrected chi connectivity index (χ3v) is 9.95. The number of halogens is 2. The fraction of sp³-hybridized carbons (Fsp3) is 0.257. The molecule has 2 amide bonds. The number of sulfonamides is 1. The number of methoxy groups -OCH3 is 2. The van der Waals surface area contributed by atoms with Gasteiger partial charge in [-0.05, 0) is 72.5 Å². The zero-order chi connectivity index (χ0) is 34.3. The van der Waals surface area contributed by atoms with Crippen LogP contribution in [0.15, 0.2) is 89.8 Å². The van der Waals surface area contributed by atoms with Gasteiger partial charge in [0.15, 0.2) is 11.5 Å². The Morgan fingerprint density at radius 2 is 1.51 bits per heavy atom. The smallest absolute Gasteiger partial charge is 0.264 e. The van der Waals surface area contributed by atoms with Gasteiger partial charge in [0.1, 0.15) is 12.6 Å². The molecule has 0 aliphatic carbocycles. The Morgan fingerprint density at radius 3 is 2.11 bits per heavy atom. The van der Waals surface area contributed by atoms with Crippen molar-refractivity contribution in [3.8, 4) is 11.5 Å². The number of anilines is 1. The number of hydrogen-bond donors (Lipinski definition) is 1. The molecule has 4 rings (SSSR count). The second-order valence-corrected chi connectivity index (χ2v) is 13.7. The van der Waals surface area contributed by atoms with Crippen LogP contribution in [-0.4, -0.2) is 59.0 Å². The van der Waals surface area contributed by atoms with Gasteiger partial charge in [0, 0.05) is 36.1 Å². The zero-order valence-electron chi connectivity index (χ0n) is 26.8. The SMILES string of the molecule is CNC(=O)C(Cc1ccccc1)N(Cc1ccc(Cl)cc1Cl)C(=O)CN(c1cc(C)cc(C)c1)S(=O)(=O)c1ccc(OC)c(OC)c1. The van der Waals surface area contributed by atoms with Crippen LogP contribution in [0.2, 0.25) is 10.0 Å². The maximum Gasteiger partial charge on any atom is 0.264 e. The van der Waals surface area contributed by atoms with Gasteiger partial charge < -0.3 is 19.7 Å². The number of likely N-dealkylation sites (N-methyl/N-ethyl adjacent to an activating group) is 1. The molecule has 0 saturated heterocycles. The molecule has 0 bridgehead atoms. The van der Waals surface area contributed by atoms with Crippen LogP contribution in [0.3, 0.4) is 0 Å². The van der Waals surface area contributed by atoms with E-state index in [9.17, 15) is 18.0 Å². The van der Waals surface area contributed by atoms with Gasteiger partial charge in [0.2, 0.25) is 11.8 Å². The molecule has 0 aliphatic rings. The van der Waals surface area contributed by atoms with E-state index in [4.69, 9.17) is 32.7 Å². The number of carbonyl (C=O) groups excluding carboxylic acids is 2. The van der Waals surface area contributed by atoms with Gasteiger partial charge in [0.25, 0.3) is 10.0 Å². The van der Waals surface area contributed by atoms with Gasteiger partial charge in [-0.1, -0.05) is 65.7 Å². The summed E-state index contributed by atoms with van der Waals surface area (Å²) in [5.74, 6) is -0.487. The van der Waals surface area contributed by atoms with E-state index in [0.717, 1.165) is 21.0 Å². The first kappa shape index (κ1) is 35.6. The van der Waals surface area contributed by atoms with E-state index in [2.05, 4.69) is 5.32 Å². The molecule has 12 heteroatoms. The highest BCUT2D eigenvalue weighted by Crippen LogP contribution is 2.33. The van der Waals surface area contributed by atoms with Gasteiger partial charge in [0.05, 0.1) is 24.8 Å². The average Bonchev–Trinajstić information content (AvgIpc) is 3.05. The minimum Gasteiger partial charge on any atom is -0.493 e. The number of ether oxygens (including phenoxy) is 2. The second kappa shape index (κ2) is 15.6. The van der Waals surface area contributed by atoms with Crippen LogP contribution < -0.4 is 19.1 Å². The molecular formula is C35H37Cl2N3O6S. The Labute approximate surface area is 286 Å². The normalized spacial score (nSPS) is 11.8. The number of nitrogens with zero attached hydrogens (tertiary/aromatic N) is 2. The first-order valence-corrected chi connectivity index (χ1v) is 16.9. The summed E-state index contributed by atoms with van der Waals surface area (Å²) in [5.41, 5.74) is 3.24. The standard InChI is InChI=1S/C35H37Cl2N3O6S/c1-23-15-24(2)17-28(16-23)40(47(43,44)29-13-14-32(45-4)33(20-29)46-5)22-34(41)39(21-26-11-12-27(36)19-30(26)37)31(35(42)38-3)18-25-9-7-6-8-10-25/h6-17,19-20,31H,18,21-22H2,1-5H3,(H,38,42). The Kier molecular flexibility index (Phi) is 11.8. The number of rotatable bonds is 13. The van der Waals surface area contributed by atoms with Crippen LogP contribution in [0.25, 0.3) is 0 Å². The van der Waals surface area contributed by atoms with E-state index in [0.29, 0.717) is 21.4 Å². The molecule has 0 heterocycles. The van der Waals surface area contributed by atoms with E-state index in [1.807, 2.05) is 50.2 Å². The molecule has 9 nitrogen and oxygen atoms in total. The highest BCUT2D eigenvalue weighted by molar-refractivity contribution is 7.92. The van der Waals surface area contributed by atoms with Crippen LogP contribution in [0.4, 0.5) is 5.69 Å². The zero-order valence-corrected chi connectivity index (χ0v) is 29.1. The third-order valence-electron chi connectivity index (χ3n) is 7.59. The summed E-state index contributed by atoms with van der Waals surface area (Å²) < 4.78 is 40.6. The fourth-order valence-electron chi connectivity index (χ4n) is 5.28. The number of carbonyl (C=O) groups is 2. The minimum atomic E-state index is -4.36. The van der Waals surface area contributed by atoms with Gasteiger partial charge in [-0.15, -0.1) is 0 Å². The van der Waals surface area contributed by atoms with Crippen LogP contribution in [-0.2, 0) is 32.6 Å². The summed E-state index contributed by atoms with van der Waals surface area (Å²) in [6.07, 6.45) is 0.170. The number of amides is 2. The first-order chi connectivity index (χ1) is 22.4. The monoisotopic (exact) mass is 697 g/mol. The molecule has 1 atom stereocenters. The molecule has 47 heavy (non-hydrogen) atoms. The molecule has 0 saturated carbocycles. The molecule has 1 unspecified atom stereocenters. The molecule has 1 N–H and O–H groups in total. The van der Waals surface area contributed by atoms with E-state index in [1.54, 1.807) is 30.3 Å². The van der Waals surface area contributed by atoms with Crippen LogP contribution in [0.1, 0.15) is 22.3 Å². The molecule has 4 aromatic rings. The van der Waals surface area contributed by atoms with E-state index < -0.39 is 34.4 Å². The maximum atomic E-state index is 14.6. The lowest BCUT2D eigenvalue weighted by Gasteiger charge is -2.34. The van der Waals surface area contributed by atoms with E-state index >= 15 is 0 Å². The molecule has 4 aromatic carbocycles. The summed E-state index contributed by atoms with van der Waals surface area (Å²) in [6.45, 7) is 2.98. The summed E-state index contributed by atoms with van der Waals surface area (Å²) in [5, 5.41) is 3.37. The summed E-state index contributed by atoms with van der Waals surface area (Å²) >= 11 is 12.7. The summed E-state index contributed by atoms with van der Waals surface area (Å²) in [7, 11) is -0.0185. The van der Waals surface area contributed by atoms with Gasteiger partial charge in [-0.25, -0.2) is 8.42 Å². The molecule has 0 aromatic heterocycles. The second-order valence-electron chi connectivity index (χ2n) is 11.0. The van der Waals surface area contributed by atoms with Crippen molar-refractivity contribution in [3.05, 3.63) is 117 Å². The quantitative estimate of drug-likeness (QED) is 0.178. The number of nitrogens with one attached hydrogen (secondary N) is 1. The highest BCUT2D eigenvalue weighted by atomic mass is 35.5. The van der Waals surface area contributed by atoms with Gasteiger partial charge in [-0.3, -0.25) is 13.9 Å². The predicted octanol–water partition coefficient (Wildman–Crippen LogP) is 6.21. The maximum absolute atomic E-state index is 14.6. The highest BCUT2D eigenvalue weighted by Gasteiger charge is 2.35. The van der Waals surface area contributed by atoms with Crippen molar-refractivity contribution in [2.75, 3.05) is 32.1 Å². The molecule has 0 spiro atoms. The summed E-state index contributed by atoms with van der Waals surface area (Å²) in [6, 6.07) is 22.6. The van der Waals surface area contributed by atoms with Crippen LogP contribution in [0, 0.1) is 13.8 Å². The molecule has 0 radical (unpaired) electrons. The van der Waals surface area contributed by atoms with E-state index in [-0.39, 0.29) is 29.3 Å². The van der Waals surface area contributed by atoms with Gasteiger partial charge >= 0.3 is 0 Å². The summed E-state index contributed by atoms with van der Waals surface area (Å²) in [4.78, 5) is 29.3. The Morgan fingerprint density at radius 1 is 0.851 bits per heavy atom. The lowest BCUT2D eigenvalue weighted by molar-refractivity contribution is -0.139. The van der Waals surface area contributed by atoms with Crippen LogP contribution in [0.5, 0.6) is 11.5 Å². The first-order valence-electron chi connectivity index (χ1n) is 14.7. The minimum absolute atomic E-state index is 0.0865. The predicted molar refractivity (Wildman–Crippen MR) is 185 cm³/mol. The van der Waals surface area contributed by atoms with Crippen molar-refractivity contribution in [3.63, 3.8) is 0 Å².